The Labute approximate surface area is 154 Å². The van der Waals surface area contributed by atoms with Gasteiger partial charge in [0.2, 0.25) is 23.6 Å². The van der Waals surface area contributed by atoms with Gasteiger partial charge in [-0.05, 0) is 18.9 Å². The van der Waals surface area contributed by atoms with Crippen molar-refractivity contribution in [2.75, 3.05) is 32.7 Å². The number of carbonyl (C=O) groups excluding carboxylic acids is 6. The first-order valence-corrected chi connectivity index (χ1v) is 8.41. The van der Waals surface area contributed by atoms with Crippen molar-refractivity contribution in [2.45, 2.75) is 18.9 Å². The number of piperazine rings is 2. The van der Waals surface area contributed by atoms with E-state index >= 15 is 0 Å². The highest BCUT2D eigenvalue weighted by molar-refractivity contribution is 6.09. The zero-order valence-electron chi connectivity index (χ0n) is 14.6. The molecule has 0 aliphatic carbocycles. The van der Waals surface area contributed by atoms with Crippen LogP contribution in [0.15, 0.2) is 12.2 Å². The molecule has 146 valence electrons. The molecule has 0 aromatic carbocycles. The van der Waals surface area contributed by atoms with Crippen LogP contribution in [0.2, 0.25) is 0 Å². The van der Waals surface area contributed by atoms with Crippen molar-refractivity contribution in [3.8, 4) is 0 Å². The first-order chi connectivity index (χ1) is 12.8. The van der Waals surface area contributed by atoms with Gasteiger partial charge in [0.25, 0.3) is 5.91 Å². The molecule has 0 radical (unpaired) electrons. The van der Waals surface area contributed by atoms with Crippen molar-refractivity contribution in [3.63, 3.8) is 0 Å². The normalized spacial score (nSPS) is 19.1. The fraction of sp³-hybridized carbons (Fsp3) is 0.500. The van der Waals surface area contributed by atoms with Gasteiger partial charge in [-0.25, -0.2) is 0 Å². The Balaban J connectivity index is 1.77. The molecule has 2 rings (SSSR count). The molecule has 11 nitrogen and oxygen atoms in total. The molecule has 5 amide bonds. The molecule has 0 bridgehead atoms. The molecule has 2 heterocycles. The quantitative estimate of drug-likeness (QED) is 0.390. The van der Waals surface area contributed by atoms with Crippen molar-refractivity contribution in [2.24, 2.45) is 5.73 Å². The Hall–Kier alpha value is -3.08. The Morgan fingerprint density at radius 2 is 1.63 bits per heavy atom. The van der Waals surface area contributed by atoms with Crippen molar-refractivity contribution >= 4 is 35.3 Å². The number of nitrogens with one attached hydrogen (secondary N) is 2. The fourth-order valence-electron chi connectivity index (χ4n) is 2.58. The third kappa shape index (κ3) is 5.71. The van der Waals surface area contributed by atoms with E-state index in [2.05, 4.69) is 10.6 Å². The maximum atomic E-state index is 12.0. The summed E-state index contributed by atoms with van der Waals surface area (Å²) in [4.78, 5) is 71.8. The standard InChI is InChI=1S/C16H21N5O6/c17-10(2-1-5-20-8-12(23)18-6-15(20)26)11(22)3-4-14(25)21-9-13(24)19-7-16(21)27/h3-4,10H,1-2,5-9,17H2,(H,18,23)(H,19,24)/b4-3+. The first kappa shape index (κ1) is 20.2. The molecule has 0 aromatic heterocycles. The summed E-state index contributed by atoms with van der Waals surface area (Å²) in [6.45, 7) is -0.415. The lowest BCUT2D eigenvalue weighted by Gasteiger charge is -2.26. The predicted molar refractivity (Wildman–Crippen MR) is 90.7 cm³/mol. The molecule has 0 aromatic rings. The Morgan fingerprint density at radius 1 is 1.00 bits per heavy atom. The zero-order chi connectivity index (χ0) is 20.0. The number of nitrogens with two attached hydrogens (primary N) is 1. The molecule has 11 heteroatoms. The van der Waals surface area contributed by atoms with Gasteiger partial charge in [0.05, 0.1) is 25.7 Å². The number of hydrogen-bond donors (Lipinski definition) is 3. The van der Waals surface area contributed by atoms with E-state index in [1.54, 1.807) is 0 Å². The molecular weight excluding hydrogens is 358 g/mol. The summed E-state index contributed by atoms with van der Waals surface area (Å²) in [5, 5.41) is 4.75. The summed E-state index contributed by atoms with van der Waals surface area (Å²) >= 11 is 0. The minimum absolute atomic E-state index is 0.0200. The van der Waals surface area contributed by atoms with Crippen LogP contribution in [0.1, 0.15) is 12.8 Å². The number of imide groups is 1. The van der Waals surface area contributed by atoms with Crippen LogP contribution >= 0.6 is 0 Å². The number of carbonyl (C=O) groups is 6. The number of nitrogens with zero attached hydrogens (tertiary/aromatic N) is 2. The van der Waals surface area contributed by atoms with Crippen LogP contribution in [0.3, 0.4) is 0 Å². The number of ketones is 1. The molecule has 2 aliphatic rings. The molecule has 4 N–H and O–H groups in total. The Morgan fingerprint density at radius 3 is 2.33 bits per heavy atom. The van der Waals surface area contributed by atoms with E-state index in [9.17, 15) is 28.8 Å². The Bertz CT molecular complexity index is 703. The van der Waals surface area contributed by atoms with Crippen LogP contribution < -0.4 is 16.4 Å². The van der Waals surface area contributed by atoms with E-state index in [-0.39, 0.29) is 44.4 Å². The summed E-state index contributed by atoms with van der Waals surface area (Å²) in [5.74, 6) is -2.73. The zero-order valence-corrected chi connectivity index (χ0v) is 14.6. The van der Waals surface area contributed by atoms with Crippen LogP contribution in [0.25, 0.3) is 0 Å². The molecule has 27 heavy (non-hydrogen) atoms. The largest absolute Gasteiger partial charge is 0.345 e. The van der Waals surface area contributed by atoms with Gasteiger partial charge in [-0.15, -0.1) is 0 Å². The molecule has 1 atom stereocenters. The van der Waals surface area contributed by atoms with Crippen molar-refractivity contribution in [1.29, 1.82) is 0 Å². The predicted octanol–water partition coefficient (Wildman–Crippen LogP) is -3.34. The van der Waals surface area contributed by atoms with Crippen molar-refractivity contribution < 1.29 is 28.8 Å². The van der Waals surface area contributed by atoms with Crippen LogP contribution in [-0.4, -0.2) is 83.9 Å². The number of rotatable bonds is 7. The molecule has 2 fully saturated rings. The maximum Gasteiger partial charge on any atom is 0.253 e. The van der Waals surface area contributed by atoms with Gasteiger partial charge < -0.3 is 21.3 Å². The second-order valence-electron chi connectivity index (χ2n) is 6.17. The highest BCUT2D eigenvalue weighted by atomic mass is 16.2. The van der Waals surface area contributed by atoms with Crippen LogP contribution in [0, 0.1) is 0 Å². The van der Waals surface area contributed by atoms with Gasteiger partial charge in [0, 0.05) is 12.6 Å². The van der Waals surface area contributed by atoms with Gasteiger partial charge in [-0.1, -0.05) is 0 Å². The molecule has 0 saturated carbocycles. The SMILES string of the molecule is NC(CCCN1CC(=O)NCC1=O)C(=O)/C=C/C(=O)N1CC(=O)NCC1=O. The summed E-state index contributed by atoms with van der Waals surface area (Å²) in [6.07, 6.45) is 2.57. The van der Waals surface area contributed by atoms with Crippen LogP contribution in [-0.2, 0) is 28.8 Å². The van der Waals surface area contributed by atoms with E-state index in [4.69, 9.17) is 5.73 Å². The van der Waals surface area contributed by atoms with Gasteiger partial charge in [-0.2, -0.15) is 0 Å². The fourth-order valence-corrected chi connectivity index (χ4v) is 2.58. The van der Waals surface area contributed by atoms with Crippen molar-refractivity contribution in [3.05, 3.63) is 12.2 Å². The molecule has 2 aliphatic heterocycles. The summed E-state index contributed by atoms with van der Waals surface area (Å²) < 4.78 is 0. The summed E-state index contributed by atoms with van der Waals surface area (Å²) in [5.41, 5.74) is 5.77. The average Bonchev–Trinajstić information content (AvgIpc) is 2.64. The van der Waals surface area contributed by atoms with E-state index < -0.39 is 29.5 Å². The van der Waals surface area contributed by atoms with Gasteiger partial charge in [0.15, 0.2) is 5.78 Å². The van der Waals surface area contributed by atoms with Gasteiger partial charge in [-0.3, -0.25) is 33.7 Å². The second kappa shape index (κ2) is 9.03. The van der Waals surface area contributed by atoms with Gasteiger partial charge in [0.1, 0.15) is 6.54 Å². The minimum atomic E-state index is -0.886. The van der Waals surface area contributed by atoms with Crippen molar-refractivity contribution in [1.82, 2.24) is 20.4 Å². The first-order valence-electron chi connectivity index (χ1n) is 8.41. The van der Waals surface area contributed by atoms with E-state index in [0.29, 0.717) is 13.0 Å². The molecule has 1 unspecified atom stereocenters. The monoisotopic (exact) mass is 379 g/mol. The van der Waals surface area contributed by atoms with E-state index in [0.717, 1.165) is 17.1 Å². The lowest BCUT2D eigenvalue weighted by Crippen LogP contribution is -2.53. The summed E-state index contributed by atoms with van der Waals surface area (Å²) in [6, 6.07) is -0.886. The maximum absolute atomic E-state index is 12.0. The molecule has 0 spiro atoms. The minimum Gasteiger partial charge on any atom is -0.345 e. The van der Waals surface area contributed by atoms with E-state index in [1.807, 2.05) is 0 Å². The Kier molecular flexibility index (Phi) is 6.77. The van der Waals surface area contributed by atoms with Crippen LogP contribution in [0.5, 0.6) is 0 Å². The number of amides is 5. The molecule has 2 saturated heterocycles. The lowest BCUT2D eigenvalue weighted by molar-refractivity contribution is -0.148. The lowest BCUT2D eigenvalue weighted by atomic mass is 10.1. The van der Waals surface area contributed by atoms with Crippen LogP contribution in [0.4, 0.5) is 0 Å². The summed E-state index contributed by atoms with van der Waals surface area (Å²) in [7, 11) is 0. The van der Waals surface area contributed by atoms with E-state index in [1.165, 1.54) is 4.90 Å². The third-order valence-corrected chi connectivity index (χ3v) is 4.13. The highest BCUT2D eigenvalue weighted by Gasteiger charge is 2.27. The average molecular weight is 379 g/mol. The molecular formula is C16H21N5O6. The third-order valence-electron chi connectivity index (χ3n) is 4.13. The number of hydrogen-bond acceptors (Lipinski definition) is 7. The highest BCUT2D eigenvalue weighted by Crippen LogP contribution is 2.04. The second-order valence-corrected chi connectivity index (χ2v) is 6.17. The van der Waals surface area contributed by atoms with Gasteiger partial charge >= 0.3 is 0 Å². The smallest absolute Gasteiger partial charge is 0.253 e. The topological polar surface area (TPSA) is 159 Å².